The summed E-state index contributed by atoms with van der Waals surface area (Å²) in [5, 5.41) is 0. The summed E-state index contributed by atoms with van der Waals surface area (Å²) < 4.78 is 0. The molecule has 1 atom stereocenters. The Balaban J connectivity index is 3.38. The van der Waals surface area contributed by atoms with Crippen molar-refractivity contribution in [3.05, 3.63) is 0 Å². The quantitative estimate of drug-likeness (QED) is 0.611. The molecular weight excluding hydrogens is 180 g/mol. The van der Waals surface area contributed by atoms with E-state index >= 15 is 0 Å². The zero-order valence-electron chi connectivity index (χ0n) is 9.25. The molecule has 0 aliphatic heterocycles. The smallest absolute Gasteiger partial charge is 0.00717 e. The lowest BCUT2D eigenvalue weighted by atomic mass is 10.2. The van der Waals surface area contributed by atoms with Crippen molar-refractivity contribution < 1.29 is 0 Å². The Labute approximate surface area is 87.2 Å². The lowest BCUT2D eigenvalue weighted by Gasteiger charge is -2.24. The molecule has 0 amide bonds. The summed E-state index contributed by atoms with van der Waals surface area (Å²) in [6.07, 6.45) is 5.84. The highest BCUT2D eigenvalue weighted by molar-refractivity contribution is 7.98. The Morgan fingerprint density at radius 2 is 2.08 bits per heavy atom. The number of hydrogen-bond donors (Lipinski definition) is 1. The molecule has 0 rings (SSSR count). The van der Waals surface area contributed by atoms with Gasteiger partial charge in [0.2, 0.25) is 0 Å². The first-order valence-electron chi connectivity index (χ1n) is 5.11. The third-order valence-corrected chi connectivity index (χ3v) is 3.10. The van der Waals surface area contributed by atoms with Gasteiger partial charge in [-0.2, -0.15) is 11.8 Å². The average Bonchev–Trinajstić information content (AvgIpc) is 2.14. The largest absolute Gasteiger partial charge is 0.330 e. The zero-order valence-corrected chi connectivity index (χ0v) is 10.1. The van der Waals surface area contributed by atoms with E-state index in [1.807, 2.05) is 11.8 Å². The number of nitrogens with two attached hydrogens (primary N) is 1. The lowest BCUT2D eigenvalue weighted by Crippen LogP contribution is -2.30. The van der Waals surface area contributed by atoms with Crippen LogP contribution in [0.25, 0.3) is 0 Å². The van der Waals surface area contributed by atoms with Crippen LogP contribution in [0.15, 0.2) is 0 Å². The minimum atomic E-state index is 0.713. The maximum atomic E-state index is 5.45. The van der Waals surface area contributed by atoms with Gasteiger partial charge in [0, 0.05) is 6.04 Å². The molecule has 80 valence electrons. The van der Waals surface area contributed by atoms with E-state index in [4.69, 9.17) is 5.73 Å². The summed E-state index contributed by atoms with van der Waals surface area (Å²) in [4.78, 5) is 2.44. The molecule has 0 spiro atoms. The molecule has 2 N–H and O–H groups in total. The van der Waals surface area contributed by atoms with Crippen LogP contribution in [0.1, 0.15) is 26.2 Å². The van der Waals surface area contributed by atoms with Gasteiger partial charge in [-0.3, -0.25) is 0 Å². The SMILES string of the molecule is CSCCC(C)N(C)CCCCN. The molecule has 0 aromatic heterocycles. The number of unbranched alkanes of at least 4 members (excludes halogenated alkanes) is 1. The molecule has 0 saturated heterocycles. The van der Waals surface area contributed by atoms with E-state index in [1.54, 1.807) is 0 Å². The van der Waals surface area contributed by atoms with Gasteiger partial charge in [-0.1, -0.05) is 0 Å². The molecule has 0 heterocycles. The first kappa shape index (κ1) is 13.3. The highest BCUT2D eigenvalue weighted by atomic mass is 32.2. The maximum Gasteiger partial charge on any atom is 0.00717 e. The summed E-state index contributed by atoms with van der Waals surface area (Å²) in [7, 11) is 2.21. The number of rotatable bonds is 8. The van der Waals surface area contributed by atoms with E-state index in [-0.39, 0.29) is 0 Å². The maximum absolute atomic E-state index is 5.45. The fourth-order valence-corrected chi connectivity index (χ4v) is 1.81. The molecule has 0 aromatic carbocycles. The van der Waals surface area contributed by atoms with Crippen LogP contribution in [-0.4, -0.2) is 43.1 Å². The van der Waals surface area contributed by atoms with Gasteiger partial charge in [-0.15, -0.1) is 0 Å². The van der Waals surface area contributed by atoms with Crippen LogP contribution in [0.4, 0.5) is 0 Å². The van der Waals surface area contributed by atoms with Crippen molar-refractivity contribution in [1.82, 2.24) is 4.90 Å². The van der Waals surface area contributed by atoms with Crippen molar-refractivity contribution in [3.63, 3.8) is 0 Å². The first-order valence-corrected chi connectivity index (χ1v) is 6.51. The van der Waals surface area contributed by atoms with Gasteiger partial charge in [0.25, 0.3) is 0 Å². The van der Waals surface area contributed by atoms with Crippen molar-refractivity contribution in [3.8, 4) is 0 Å². The van der Waals surface area contributed by atoms with Gasteiger partial charge < -0.3 is 10.6 Å². The lowest BCUT2D eigenvalue weighted by molar-refractivity contribution is 0.249. The van der Waals surface area contributed by atoms with Crippen LogP contribution < -0.4 is 5.73 Å². The third kappa shape index (κ3) is 7.35. The highest BCUT2D eigenvalue weighted by Crippen LogP contribution is 2.06. The highest BCUT2D eigenvalue weighted by Gasteiger charge is 2.07. The van der Waals surface area contributed by atoms with Gasteiger partial charge >= 0.3 is 0 Å². The van der Waals surface area contributed by atoms with Crippen LogP contribution in [0.5, 0.6) is 0 Å². The van der Waals surface area contributed by atoms with Gasteiger partial charge in [0.05, 0.1) is 0 Å². The first-order chi connectivity index (χ1) is 6.22. The minimum absolute atomic E-state index is 0.713. The topological polar surface area (TPSA) is 29.3 Å². The van der Waals surface area contributed by atoms with Crippen LogP contribution in [0.2, 0.25) is 0 Å². The summed E-state index contributed by atoms with van der Waals surface area (Å²) in [6, 6.07) is 0.713. The number of hydrogen-bond acceptors (Lipinski definition) is 3. The van der Waals surface area contributed by atoms with Gasteiger partial charge in [-0.25, -0.2) is 0 Å². The molecule has 0 bridgehead atoms. The monoisotopic (exact) mass is 204 g/mol. The summed E-state index contributed by atoms with van der Waals surface area (Å²) in [5.74, 6) is 1.27. The molecule has 0 fully saturated rings. The standard InChI is InChI=1S/C10H24N2S/c1-10(6-9-13-3)12(2)8-5-4-7-11/h10H,4-9,11H2,1-3H3. The van der Waals surface area contributed by atoms with Crippen LogP contribution in [-0.2, 0) is 0 Å². The normalized spacial score (nSPS) is 13.6. The summed E-state index contributed by atoms with van der Waals surface area (Å²) in [5.41, 5.74) is 5.45. The minimum Gasteiger partial charge on any atom is -0.330 e. The summed E-state index contributed by atoms with van der Waals surface area (Å²) in [6.45, 7) is 4.32. The zero-order chi connectivity index (χ0) is 10.1. The predicted octanol–water partition coefficient (Wildman–Crippen LogP) is 1.80. The van der Waals surface area contributed by atoms with Crippen molar-refractivity contribution >= 4 is 11.8 Å². The molecule has 1 unspecified atom stereocenters. The van der Waals surface area contributed by atoms with E-state index in [2.05, 4.69) is 25.1 Å². The Morgan fingerprint density at radius 1 is 1.38 bits per heavy atom. The number of nitrogens with zero attached hydrogens (tertiary/aromatic N) is 1. The Bertz CT molecular complexity index is 109. The van der Waals surface area contributed by atoms with Crippen LogP contribution in [0.3, 0.4) is 0 Å². The van der Waals surface area contributed by atoms with Gasteiger partial charge in [-0.05, 0) is 58.3 Å². The second-order valence-corrected chi connectivity index (χ2v) is 4.59. The van der Waals surface area contributed by atoms with Crippen LogP contribution in [0, 0.1) is 0 Å². The molecule has 0 radical (unpaired) electrons. The van der Waals surface area contributed by atoms with Crippen molar-refractivity contribution in [2.75, 3.05) is 32.1 Å². The number of thioether (sulfide) groups is 1. The molecular formula is C10H24N2S. The van der Waals surface area contributed by atoms with E-state index in [9.17, 15) is 0 Å². The van der Waals surface area contributed by atoms with E-state index in [0.29, 0.717) is 6.04 Å². The second-order valence-electron chi connectivity index (χ2n) is 3.61. The molecule has 3 heteroatoms. The Kier molecular flexibility index (Phi) is 9.03. The van der Waals surface area contributed by atoms with Gasteiger partial charge in [0.15, 0.2) is 0 Å². The van der Waals surface area contributed by atoms with Crippen molar-refractivity contribution in [1.29, 1.82) is 0 Å². The fraction of sp³-hybridized carbons (Fsp3) is 1.00. The average molecular weight is 204 g/mol. The Morgan fingerprint density at radius 3 is 2.62 bits per heavy atom. The van der Waals surface area contributed by atoms with Crippen molar-refractivity contribution in [2.24, 2.45) is 5.73 Å². The van der Waals surface area contributed by atoms with Crippen LogP contribution >= 0.6 is 11.8 Å². The van der Waals surface area contributed by atoms with E-state index < -0.39 is 0 Å². The van der Waals surface area contributed by atoms with Crippen molar-refractivity contribution in [2.45, 2.75) is 32.2 Å². The second kappa shape index (κ2) is 8.85. The van der Waals surface area contributed by atoms with Gasteiger partial charge in [0.1, 0.15) is 0 Å². The fourth-order valence-electron chi connectivity index (χ4n) is 1.23. The van der Waals surface area contributed by atoms with E-state index in [0.717, 1.165) is 13.0 Å². The molecule has 13 heavy (non-hydrogen) atoms. The third-order valence-electron chi connectivity index (χ3n) is 2.46. The molecule has 0 aliphatic rings. The molecule has 0 saturated carbocycles. The molecule has 0 aromatic rings. The predicted molar refractivity (Wildman–Crippen MR) is 63.4 cm³/mol. The molecule has 2 nitrogen and oxygen atoms in total. The Hall–Kier alpha value is 0.270. The molecule has 0 aliphatic carbocycles. The summed E-state index contributed by atoms with van der Waals surface area (Å²) >= 11 is 1.93. The van der Waals surface area contributed by atoms with E-state index in [1.165, 1.54) is 25.1 Å².